The first-order valence-corrected chi connectivity index (χ1v) is 7.54. The zero-order valence-electron chi connectivity index (χ0n) is 11.6. The zero-order valence-corrected chi connectivity index (χ0v) is 13.1. The molecule has 21 heavy (non-hydrogen) atoms. The van der Waals surface area contributed by atoms with Crippen molar-refractivity contribution in [3.05, 3.63) is 39.7 Å². The van der Waals surface area contributed by atoms with Crippen LogP contribution < -0.4 is 16.6 Å². The van der Waals surface area contributed by atoms with Gasteiger partial charge in [-0.25, -0.2) is 10.8 Å². The van der Waals surface area contributed by atoms with Crippen LogP contribution in [0.2, 0.25) is 5.02 Å². The van der Waals surface area contributed by atoms with E-state index < -0.39 is 0 Å². The predicted octanol–water partition coefficient (Wildman–Crippen LogP) is 3.99. The first-order valence-electron chi connectivity index (χ1n) is 6.35. The van der Waals surface area contributed by atoms with E-state index >= 15 is 0 Å². The summed E-state index contributed by atoms with van der Waals surface area (Å²) >= 11 is 7.76. The van der Waals surface area contributed by atoms with Crippen LogP contribution in [0.1, 0.15) is 10.4 Å². The Bertz CT molecular complexity index is 814. The van der Waals surface area contributed by atoms with Crippen LogP contribution >= 0.6 is 22.9 Å². The van der Waals surface area contributed by atoms with Crippen molar-refractivity contribution >= 4 is 50.6 Å². The van der Waals surface area contributed by atoms with Crippen molar-refractivity contribution < 1.29 is 0 Å². The third-order valence-electron chi connectivity index (χ3n) is 3.08. The smallest absolute Gasteiger partial charge is 0.240 e. The van der Waals surface area contributed by atoms with Crippen molar-refractivity contribution in [2.75, 3.05) is 10.7 Å². The van der Waals surface area contributed by atoms with Gasteiger partial charge < -0.3 is 5.32 Å². The number of nitrogens with one attached hydrogen (secondary N) is 2. The molecule has 7 heteroatoms. The molecular formula is C14H14ClN5S. The van der Waals surface area contributed by atoms with E-state index in [2.05, 4.69) is 26.8 Å². The van der Waals surface area contributed by atoms with Crippen LogP contribution in [-0.4, -0.2) is 9.97 Å². The Morgan fingerprint density at radius 2 is 2.00 bits per heavy atom. The molecule has 2 heterocycles. The van der Waals surface area contributed by atoms with Crippen LogP contribution in [0.25, 0.3) is 10.2 Å². The van der Waals surface area contributed by atoms with Crippen molar-refractivity contribution in [3.8, 4) is 0 Å². The quantitative estimate of drug-likeness (QED) is 0.502. The zero-order chi connectivity index (χ0) is 15.0. The van der Waals surface area contributed by atoms with Gasteiger partial charge in [0.05, 0.1) is 5.39 Å². The Morgan fingerprint density at radius 3 is 2.71 bits per heavy atom. The predicted molar refractivity (Wildman–Crippen MR) is 89.4 cm³/mol. The van der Waals surface area contributed by atoms with Gasteiger partial charge in [0.15, 0.2) is 0 Å². The normalized spacial score (nSPS) is 10.9. The molecule has 0 spiro atoms. The second-order valence-corrected chi connectivity index (χ2v) is 6.35. The molecule has 5 nitrogen and oxygen atoms in total. The molecule has 0 aliphatic rings. The third-order valence-corrected chi connectivity index (χ3v) is 4.43. The first-order chi connectivity index (χ1) is 10.1. The third kappa shape index (κ3) is 2.78. The molecule has 0 saturated carbocycles. The molecule has 0 saturated heterocycles. The second-order valence-electron chi connectivity index (χ2n) is 4.70. The Hall–Kier alpha value is -1.89. The Kier molecular flexibility index (Phi) is 3.67. The van der Waals surface area contributed by atoms with Gasteiger partial charge in [-0.2, -0.15) is 4.98 Å². The number of hydrogen-bond donors (Lipinski definition) is 3. The van der Waals surface area contributed by atoms with E-state index in [1.165, 1.54) is 4.88 Å². The van der Waals surface area contributed by atoms with Crippen molar-refractivity contribution in [2.45, 2.75) is 13.8 Å². The lowest BCUT2D eigenvalue weighted by atomic mass is 10.2. The van der Waals surface area contributed by atoms with Crippen LogP contribution in [0.3, 0.4) is 0 Å². The molecule has 108 valence electrons. The van der Waals surface area contributed by atoms with Gasteiger partial charge in [0.25, 0.3) is 0 Å². The number of halogens is 1. The van der Waals surface area contributed by atoms with Crippen LogP contribution in [0, 0.1) is 13.8 Å². The van der Waals surface area contributed by atoms with Crippen LogP contribution in [0.5, 0.6) is 0 Å². The van der Waals surface area contributed by atoms with E-state index in [1.54, 1.807) is 11.3 Å². The molecule has 4 N–H and O–H groups in total. The molecule has 0 fully saturated rings. The SMILES string of the molecule is Cc1cc2c(Nc3ccc(C)c(Cl)c3)nc(NN)nc2s1. The number of nitrogen functional groups attached to an aromatic ring is 1. The summed E-state index contributed by atoms with van der Waals surface area (Å²) in [7, 11) is 0. The molecule has 2 aromatic heterocycles. The minimum atomic E-state index is 0.380. The number of benzene rings is 1. The fraction of sp³-hybridized carbons (Fsp3) is 0.143. The molecule has 0 aliphatic heterocycles. The molecule has 3 rings (SSSR count). The van der Waals surface area contributed by atoms with Crippen LogP contribution in [0.4, 0.5) is 17.5 Å². The van der Waals surface area contributed by atoms with Gasteiger partial charge in [-0.15, -0.1) is 11.3 Å². The van der Waals surface area contributed by atoms with Gasteiger partial charge in [0, 0.05) is 15.6 Å². The van der Waals surface area contributed by atoms with Gasteiger partial charge >= 0.3 is 0 Å². The summed E-state index contributed by atoms with van der Waals surface area (Å²) in [5.74, 6) is 6.52. The number of thiophene rings is 1. The van der Waals surface area contributed by atoms with Crippen molar-refractivity contribution in [1.82, 2.24) is 9.97 Å². The topological polar surface area (TPSA) is 75.9 Å². The largest absolute Gasteiger partial charge is 0.339 e. The molecule has 0 radical (unpaired) electrons. The van der Waals surface area contributed by atoms with Gasteiger partial charge in [0.2, 0.25) is 5.95 Å². The molecule has 1 aromatic carbocycles. The average Bonchev–Trinajstić information content (AvgIpc) is 2.83. The van der Waals surface area contributed by atoms with Crippen LogP contribution in [0.15, 0.2) is 24.3 Å². The summed E-state index contributed by atoms with van der Waals surface area (Å²) in [5, 5.41) is 4.96. The number of nitrogens with zero attached hydrogens (tertiary/aromatic N) is 2. The molecule has 0 unspecified atom stereocenters. The highest BCUT2D eigenvalue weighted by Crippen LogP contribution is 2.32. The maximum atomic E-state index is 6.16. The van der Waals surface area contributed by atoms with E-state index in [0.717, 1.165) is 21.5 Å². The average molecular weight is 320 g/mol. The Balaban J connectivity index is 2.07. The number of anilines is 3. The number of nitrogens with two attached hydrogens (primary N) is 1. The summed E-state index contributed by atoms with van der Waals surface area (Å²) in [6.45, 7) is 4.00. The molecule has 3 aromatic rings. The van der Waals surface area contributed by atoms with E-state index in [0.29, 0.717) is 16.8 Å². The monoisotopic (exact) mass is 319 g/mol. The number of hydrazine groups is 1. The summed E-state index contributed by atoms with van der Waals surface area (Å²) in [6, 6.07) is 7.85. The molecule has 0 bridgehead atoms. The van der Waals surface area contributed by atoms with Crippen LogP contribution in [-0.2, 0) is 0 Å². The number of rotatable bonds is 3. The maximum absolute atomic E-state index is 6.16. The molecular weight excluding hydrogens is 306 g/mol. The molecule has 0 aliphatic carbocycles. The van der Waals surface area contributed by atoms with Crippen molar-refractivity contribution in [1.29, 1.82) is 0 Å². The fourth-order valence-corrected chi connectivity index (χ4v) is 3.07. The Morgan fingerprint density at radius 1 is 1.19 bits per heavy atom. The van der Waals surface area contributed by atoms with E-state index in [1.807, 2.05) is 32.0 Å². The van der Waals surface area contributed by atoms with Gasteiger partial charge in [-0.1, -0.05) is 17.7 Å². The van der Waals surface area contributed by atoms with E-state index in [4.69, 9.17) is 17.4 Å². The highest BCUT2D eigenvalue weighted by atomic mass is 35.5. The lowest BCUT2D eigenvalue weighted by molar-refractivity contribution is 1.16. The lowest BCUT2D eigenvalue weighted by Crippen LogP contribution is -2.11. The summed E-state index contributed by atoms with van der Waals surface area (Å²) in [5.41, 5.74) is 4.40. The minimum absolute atomic E-state index is 0.380. The number of hydrogen-bond acceptors (Lipinski definition) is 6. The van der Waals surface area contributed by atoms with E-state index in [9.17, 15) is 0 Å². The minimum Gasteiger partial charge on any atom is -0.339 e. The maximum Gasteiger partial charge on any atom is 0.240 e. The van der Waals surface area contributed by atoms with E-state index in [-0.39, 0.29) is 0 Å². The number of fused-ring (bicyclic) bond motifs is 1. The van der Waals surface area contributed by atoms with Gasteiger partial charge in [0.1, 0.15) is 10.6 Å². The summed E-state index contributed by atoms with van der Waals surface area (Å²) in [4.78, 5) is 10.8. The molecule has 0 amide bonds. The highest BCUT2D eigenvalue weighted by Gasteiger charge is 2.11. The fourth-order valence-electron chi connectivity index (χ4n) is 2.01. The van der Waals surface area contributed by atoms with Gasteiger partial charge in [-0.3, -0.25) is 5.43 Å². The van der Waals surface area contributed by atoms with Gasteiger partial charge in [-0.05, 0) is 37.6 Å². The summed E-state index contributed by atoms with van der Waals surface area (Å²) < 4.78 is 0. The molecule has 0 atom stereocenters. The highest BCUT2D eigenvalue weighted by molar-refractivity contribution is 7.18. The van der Waals surface area contributed by atoms with Crippen molar-refractivity contribution in [3.63, 3.8) is 0 Å². The first kappa shape index (κ1) is 14.1. The van der Waals surface area contributed by atoms with Crippen molar-refractivity contribution in [2.24, 2.45) is 5.84 Å². The number of aromatic nitrogens is 2. The summed E-state index contributed by atoms with van der Waals surface area (Å²) in [6.07, 6.45) is 0. The second kappa shape index (κ2) is 5.48. The number of aryl methyl sites for hydroxylation is 2. The standard InChI is InChI=1S/C14H14ClN5S/c1-7-3-4-9(6-11(7)15)17-12-10-5-8(2)21-13(10)19-14(18-12)20-16/h3-6H,16H2,1-2H3,(H2,17,18,19,20). The lowest BCUT2D eigenvalue weighted by Gasteiger charge is -2.09. The Labute approximate surface area is 131 Å².